The molecular formula is C15H16ClN3O6S. The number of hydrogen-bond donors (Lipinski definition) is 1. The largest absolute Gasteiger partial charge is 0.450 e. The van der Waals surface area contributed by atoms with Crippen molar-refractivity contribution in [2.45, 2.75) is 11.8 Å². The van der Waals surface area contributed by atoms with Crippen LogP contribution < -0.4 is 5.32 Å². The van der Waals surface area contributed by atoms with E-state index < -0.39 is 28.5 Å². The van der Waals surface area contributed by atoms with Gasteiger partial charge in [0, 0.05) is 20.2 Å². The average molecular weight is 402 g/mol. The first-order valence-corrected chi connectivity index (χ1v) is 9.05. The molecule has 0 aliphatic heterocycles. The molecular weight excluding hydrogens is 386 g/mol. The summed E-state index contributed by atoms with van der Waals surface area (Å²) in [7, 11) is -0.929. The number of sulfonamides is 1. The maximum Gasteiger partial charge on any atom is 0.377 e. The number of nitrogens with zero attached hydrogens (tertiary/aromatic N) is 2. The Morgan fingerprint density at radius 2 is 2.00 bits per heavy atom. The van der Waals surface area contributed by atoms with E-state index in [2.05, 4.69) is 10.5 Å². The van der Waals surface area contributed by atoms with E-state index in [9.17, 15) is 18.0 Å². The van der Waals surface area contributed by atoms with E-state index >= 15 is 0 Å². The van der Waals surface area contributed by atoms with E-state index in [-0.39, 0.29) is 21.4 Å². The minimum Gasteiger partial charge on any atom is -0.450 e. The van der Waals surface area contributed by atoms with Crippen LogP contribution in [0, 0.1) is 6.92 Å². The van der Waals surface area contributed by atoms with E-state index in [4.69, 9.17) is 20.9 Å². The molecule has 26 heavy (non-hydrogen) atoms. The van der Waals surface area contributed by atoms with Crippen molar-refractivity contribution in [1.29, 1.82) is 0 Å². The Bertz CT molecular complexity index is 939. The second-order valence-corrected chi connectivity index (χ2v) is 7.94. The zero-order chi connectivity index (χ0) is 19.5. The van der Waals surface area contributed by atoms with Crippen LogP contribution in [0.3, 0.4) is 0 Å². The SMILES string of the molecule is Cc1cc(C(=O)OCC(=O)Nc2cc(S(=O)(=O)N(C)C)ccc2Cl)on1. The van der Waals surface area contributed by atoms with Crippen LogP contribution in [-0.4, -0.2) is 50.5 Å². The summed E-state index contributed by atoms with van der Waals surface area (Å²) in [6, 6.07) is 5.25. The number of anilines is 1. The van der Waals surface area contributed by atoms with Gasteiger partial charge in [0.1, 0.15) is 0 Å². The summed E-state index contributed by atoms with van der Waals surface area (Å²) in [6.07, 6.45) is 0. The van der Waals surface area contributed by atoms with Crippen LogP contribution >= 0.6 is 11.6 Å². The van der Waals surface area contributed by atoms with Crippen LogP contribution in [0.5, 0.6) is 0 Å². The normalized spacial score (nSPS) is 11.4. The predicted molar refractivity (Wildman–Crippen MR) is 92.5 cm³/mol. The lowest BCUT2D eigenvalue weighted by Gasteiger charge is -2.13. The summed E-state index contributed by atoms with van der Waals surface area (Å²) < 4.78 is 34.8. The van der Waals surface area contributed by atoms with Gasteiger partial charge >= 0.3 is 5.97 Å². The highest BCUT2D eigenvalue weighted by molar-refractivity contribution is 7.89. The van der Waals surface area contributed by atoms with Crippen molar-refractivity contribution < 1.29 is 27.3 Å². The number of aryl methyl sites for hydroxylation is 1. The Labute approximate surface area is 154 Å². The molecule has 140 valence electrons. The lowest BCUT2D eigenvalue weighted by Crippen LogP contribution is -2.23. The summed E-state index contributed by atoms with van der Waals surface area (Å²) in [4.78, 5) is 23.6. The van der Waals surface area contributed by atoms with E-state index in [1.54, 1.807) is 6.92 Å². The molecule has 0 spiro atoms. The molecule has 1 amide bonds. The van der Waals surface area contributed by atoms with Crippen molar-refractivity contribution in [3.8, 4) is 0 Å². The molecule has 0 saturated carbocycles. The van der Waals surface area contributed by atoms with Gasteiger partial charge in [-0.05, 0) is 25.1 Å². The number of nitrogens with one attached hydrogen (secondary N) is 1. The Balaban J connectivity index is 2.05. The van der Waals surface area contributed by atoms with Gasteiger partial charge in [-0.15, -0.1) is 0 Å². The topological polar surface area (TPSA) is 119 Å². The average Bonchev–Trinajstić information content (AvgIpc) is 3.01. The second-order valence-electron chi connectivity index (χ2n) is 5.39. The molecule has 1 aromatic heterocycles. The first-order chi connectivity index (χ1) is 12.1. The Morgan fingerprint density at radius 1 is 1.31 bits per heavy atom. The number of halogens is 1. The van der Waals surface area contributed by atoms with Gasteiger partial charge in [-0.1, -0.05) is 16.8 Å². The van der Waals surface area contributed by atoms with Crippen molar-refractivity contribution in [2.24, 2.45) is 0 Å². The molecule has 0 radical (unpaired) electrons. The van der Waals surface area contributed by atoms with Crippen LogP contribution in [-0.2, 0) is 19.6 Å². The van der Waals surface area contributed by atoms with Crippen molar-refractivity contribution in [1.82, 2.24) is 9.46 Å². The van der Waals surface area contributed by atoms with Gasteiger partial charge in [0.25, 0.3) is 5.91 Å². The number of carbonyl (C=O) groups is 2. The zero-order valence-corrected chi connectivity index (χ0v) is 15.7. The molecule has 9 nitrogen and oxygen atoms in total. The van der Waals surface area contributed by atoms with Crippen LogP contribution in [0.25, 0.3) is 0 Å². The highest BCUT2D eigenvalue weighted by Crippen LogP contribution is 2.26. The molecule has 2 rings (SSSR count). The van der Waals surface area contributed by atoms with E-state index in [1.165, 1.54) is 38.4 Å². The first kappa shape index (κ1) is 19.9. The van der Waals surface area contributed by atoms with Gasteiger partial charge in [0.15, 0.2) is 6.61 Å². The third-order valence-corrected chi connectivity index (χ3v) is 5.29. The number of rotatable bonds is 6. The molecule has 2 aromatic rings. The number of aromatic nitrogens is 1. The molecule has 11 heteroatoms. The summed E-state index contributed by atoms with van der Waals surface area (Å²) in [5, 5.41) is 6.07. The summed E-state index contributed by atoms with van der Waals surface area (Å²) in [6.45, 7) is 1.02. The van der Waals surface area contributed by atoms with Crippen LogP contribution in [0.1, 0.15) is 16.2 Å². The minimum atomic E-state index is -3.69. The zero-order valence-electron chi connectivity index (χ0n) is 14.1. The minimum absolute atomic E-state index is 0.0451. The molecule has 0 fully saturated rings. The Morgan fingerprint density at radius 3 is 2.58 bits per heavy atom. The molecule has 1 aromatic carbocycles. The lowest BCUT2D eigenvalue weighted by molar-refractivity contribution is -0.119. The Kier molecular flexibility index (Phi) is 6.01. The molecule has 0 atom stereocenters. The molecule has 1 heterocycles. The number of carbonyl (C=O) groups excluding carboxylic acids is 2. The number of amides is 1. The fourth-order valence-electron chi connectivity index (χ4n) is 1.82. The summed E-state index contributed by atoms with van der Waals surface area (Å²) >= 11 is 5.98. The predicted octanol–water partition coefficient (Wildman–Crippen LogP) is 1.68. The number of esters is 1. The number of benzene rings is 1. The molecule has 0 saturated heterocycles. The molecule has 0 aliphatic carbocycles. The van der Waals surface area contributed by atoms with Gasteiger partial charge in [-0.2, -0.15) is 0 Å². The standard InChI is InChI=1S/C15H16ClN3O6S/c1-9-6-13(25-18-9)15(21)24-8-14(20)17-12-7-10(4-5-11(12)16)26(22,23)19(2)3/h4-7H,8H2,1-3H3,(H,17,20). The van der Waals surface area contributed by atoms with Gasteiger partial charge in [-0.25, -0.2) is 17.5 Å². The van der Waals surface area contributed by atoms with E-state index in [0.29, 0.717) is 5.69 Å². The van der Waals surface area contributed by atoms with E-state index in [1.807, 2.05) is 0 Å². The molecule has 0 bridgehead atoms. The van der Waals surface area contributed by atoms with Crippen molar-refractivity contribution in [3.63, 3.8) is 0 Å². The number of ether oxygens (including phenoxy) is 1. The highest BCUT2D eigenvalue weighted by atomic mass is 35.5. The van der Waals surface area contributed by atoms with Crippen molar-refractivity contribution in [3.05, 3.63) is 40.7 Å². The third kappa shape index (κ3) is 4.59. The third-order valence-electron chi connectivity index (χ3n) is 3.15. The maximum atomic E-state index is 12.1. The van der Waals surface area contributed by atoms with E-state index in [0.717, 1.165) is 4.31 Å². The smallest absolute Gasteiger partial charge is 0.377 e. The first-order valence-electron chi connectivity index (χ1n) is 7.23. The van der Waals surface area contributed by atoms with Gasteiger partial charge in [-0.3, -0.25) is 4.79 Å². The monoisotopic (exact) mass is 401 g/mol. The van der Waals surface area contributed by atoms with Crippen LogP contribution in [0.4, 0.5) is 5.69 Å². The molecule has 0 aliphatic rings. The second kappa shape index (κ2) is 7.85. The van der Waals surface area contributed by atoms with Gasteiger partial charge in [0.2, 0.25) is 15.8 Å². The van der Waals surface area contributed by atoms with Crippen molar-refractivity contribution in [2.75, 3.05) is 26.0 Å². The fourth-order valence-corrected chi connectivity index (χ4v) is 2.91. The molecule has 0 unspecified atom stereocenters. The lowest BCUT2D eigenvalue weighted by atomic mass is 10.3. The van der Waals surface area contributed by atoms with Crippen molar-refractivity contribution >= 4 is 39.2 Å². The molecule has 1 N–H and O–H groups in total. The quantitative estimate of drug-likeness (QED) is 0.731. The van der Waals surface area contributed by atoms with Crippen LogP contribution in [0.2, 0.25) is 5.02 Å². The van der Waals surface area contributed by atoms with Gasteiger partial charge < -0.3 is 14.6 Å². The maximum absolute atomic E-state index is 12.1. The number of hydrogen-bond acceptors (Lipinski definition) is 7. The summed E-state index contributed by atoms with van der Waals surface area (Å²) in [5.41, 5.74) is 0.568. The Hall–Kier alpha value is -2.43. The summed E-state index contributed by atoms with van der Waals surface area (Å²) in [5.74, 6) is -1.68. The fraction of sp³-hybridized carbons (Fsp3) is 0.267. The van der Waals surface area contributed by atoms with Crippen LogP contribution in [0.15, 0.2) is 33.7 Å². The van der Waals surface area contributed by atoms with Gasteiger partial charge in [0.05, 0.1) is 21.3 Å². The highest BCUT2D eigenvalue weighted by Gasteiger charge is 2.20.